The SMILES string of the molecule is CC(C)OCCNC1CC2CCC1O2. The summed E-state index contributed by atoms with van der Waals surface area (Å²) >= 11 is 0. The van der Waals surface area contributed by atoms with Crippen LogP contribution in [0.4, 0.5) is 0 Å². The van der Waals surface area contributed by atoms with Gasteiger partial charge in [-0.1, -0.05) is 0 Å². The molecule has 2 aliphatic heterocycles. The fourth-order valence-corrected chi connectivity index (χ4v) is 2.39. The fraction of sp³-hybridized carbons (Fsp3) is 1.00. The van der Waals surface area contributed by atoms with Gasteiger partial charge >= 0.3 is 0 Å². The van der Waals surface area contributed by atoms with Gasteiger partial charge in [0, 0.05) is 12.6 Å². The van der Waals surface area contributed by atoms with Gasteiger partial charge in [0.25, 0.3) is 0 Å². The molecule has 2 aliphatic rings. The van der Waals surface area contributed by atoms with Crippen LogP contribution in [-0.2, 0) is 9.47 Å². The van der Waals surface area contributed by atoms with Gasteiger partial charge in [-0.2, -0.15) is 0 Å². The summed E-state index contributed by atoms with van der Waals surface area (Å²) in [5, 5.41) is 3.52. The van der Waals surface area contributed by atoms with Gasteiger partial charge in [0.05, 0.1) is 24.9 Å². The Bertz CT molecular complexity index is 184. The molecular weight excluding hydrogens is 178 g/mol. The molecule has 0 radical (unpaired) electrons. The molecule has 0 spiro atoms. The lowest BCUT2D eigenvalue weighted by molar-refractivity contribution is 0.0739. The zero-order valence-electron chi connectivity index (χ0n) is 9.16. The summed E-state index contributed by atoms with van der Waals surface area (Å²) in [5.41, 5.74) is 0. The quantitative estimate of drug-likeness (QED) is 0.677. The van der Waals surface area contributed by atoms with E-state index < -0.39 is 0 Å². The molecule has 2 saturated heterocycles. The normalized spacial score (nSPS) is 35.8. The Kier molecular flexibility index (Phi) is 3.42. The maximum atomic E-state index is 5.76. The van der Waals surface area contributed by atoms with Gasteiger partial charge in [0.1, 0.15) is 0 Å². The zero-order valence-corrected chi connectivity index (χ0v) is 9.16. The van der Waals surface area contributed by atoms with E-state index in [1.165, 1.54) is 19.3 Å². The molecule has 0 aromatic heterocycles. The van der Waals surface area contributed by atoms with Crippen molar-refractivity contribution in [3.05, 3.63) is 0 Å². The Balaban J connectivity index is 1.58. The van der Waals surface area contributed by atoms with E-state index in [4.69, 9.17) is 9.47 Å². The van der Waals surface area contributed by atoms with Crippen molar-refractivity contribution in [1.29, 1.82) is 0 Å². The lowest BCUT2D eigenvalue weighted by Crippen LogP contribution is -2.39. The molecule has 0 saturated carbocycles. The van der Waals surface area contributed by atoms with Gasteiger partial charge in [-0.25, -0.2) is 0 Å². The van der Waals surface area contributed by atoms with Crippen LogP contribution in [0.15, 0.2) is 0 Å². The van der Waals surface area contributed by atoms with Gasteiger partial charge < -0.3 is 14.8 Å². The standard InChI is InChI=1S/C11H21NO2/c1-8(2)13-6-5-12-10-7-9-3-4-11(10)14-9/h8-12H,3-7H2,1-2H3. The Morgan fingerprint density at radius 1 is 1.43 bits per heavy atom. The van der Waals surface area contributed by atoms with Crippen LogP contribution in [0.2, 0.25) is 0 Å². The van der Waals surface area contributed by atoms with Gasteiger partial charge in [-0.3, -0.25) is 0 Å². The minimum atomic E-state index is 0.341. The zero-order chi connectivity index (χ0) is 9.97. The minimum absolute atomic E-state index is 0.341. The van der Waals surface area contributed by atoms with E-state index in [1.807, 2.05) is 0 Å². The summed E-state index contributed by atoms with van der Waals surface area (Å²) in [6.07, 6.45) is 5.08. The van der Waals surface area contributed by atoms with E-state index in [0.717, 1.165) is 13.2 Å². The van der Waals surface area contributed by atoms with E-state index in [9.17, 15) is 0 Å². The second kappa shape index (κ2) is 4.60. The molecule has 0 amide bonds. The first-order valence-corrected chi connectivity index (χ1v) is 5.76. The summed E-state index contributed by atoms with van der Waals surface area (Å²) in [7, 11) is 0. The number of hydrogen-bond acceptors (Lipinski definition) is 3. The molecular formula is C11H21NO2. The van der Waals surface area contributed by atoms with Gasteiger partial charge in [0.15, 0.2) is 0 Å². The highest BCUT2D eigenvalue weighted by Crippen LogP contribution is 2.34. The molecule has 3 atom stereocenters. The van der Waals surface area contributed by atoms with Gasteiger partial charge in [0.2, 0.25) is 0 Å². The molecule has 2 rings (SSSR count). The molecule has 3 heteroatoms. The van der Waals surface area contributed by atoms with Crippen LogP contribution >= 0.6 is 0 Å². The molecule has 0 aromatic rings. The predicted octanol–water partition coefficient (Wildman–Crippen LogP) is 1.32. The number of nitrogens with one attached hydrogen (secondary N) is 1. The first-order chi connectivity index (χ1) is 6.75. The van der Waals surface area contributed by atoms with E-state index in [1.54, 1.807) is 0 Å². The van der Waals surface area contributed by atoms with Crippen molar-refractivity contribution >= 4 is 0 Å². The van der Waals surface area contributed by atoms with E-state index in [2.05, 4.69) is 19.2 Å². The topological polar surface area (TPSA) is 30.5 Å². The molecule has 1 N–H and O–H groups in total. The number of rotatable bonds is 5. The number of hydrogen-bond donors (Lipinski definition) is 1. The lowest BCUT2D eigenvalue weighted by atomic mass is 9.95. The lowest BCUT2D eigenvalue weighted by Gasteiger charge is -2.20. The number of ether oxygens (including phenoxy) is 2. The van der Waals surface area contributed by atoms with Crippen LogP contribution in [0.3, 0.4) is 0 Å². The third-order valence-corrected chi connectivity index (χ3v) is 3.07. The fourth-order valence-electron chi connectivity index (χ4n) is 2.39. The van der Waals surface area contributed by atoms with Crippen molar-refractivity contribution in [2.75, 3.05) is 13.2 Å². The first-order valence-electron chi connectivity index (χ1n) is 5.76. The van der Waals surface area contributed by atoms with E-state index in [0.29, 0.717) is 24.4 Å². The molecule has 0 aromatic carbocycles. The van der Waals surface area contributed by atoms with Crippen LogP contribution in [0, 0.1) is 0 Å². The van der Waals surface area contributed by atoms with E-state index in [-0.39, 0.29) is 0 Å². The largest absolute Gasteiger partial charge is 0.377 e. The monoisotopic (exact) mass is 199 g/mol. The molecule has 2 heterocycles. The third kappa shape index (κ3) is 2.47. The van der Waals surface area contributed by atoms with Crippen molar-refractivity contribution in [1.82, 2.24) is 5.32 Å². The Labute approximate surface area is 86.2 Å². The highest BCUT2D eigenvalue weighted by atomic mass is 16.5. The van der Waals surface area contributed by atoms with Crippen LogP contribution in [0.1, 0.15) is 33.1 Å². The van der Waals surface area contributed by atoms with Crippen LogP contribution in [0.5, 0.6) is 0 Å². The molecule has 82 valence electrons. The van der Waals surface area contributed by atoms with Gasteiger partial charge in [-0.05, 0) is 33.1 Å². The Hall–Kier alpha value is -0.120. The summed E-state index contributed by atoms with van der Waals surface area (Å²) in [5.74, 6) is 0. The highest BCUT2D eigenvalue weighted by Gasteiger charge is 2.40. The van der Waals surface area contributed by atoms with Crippen molar-refractivity contribution in [2.24, 2.45) is 0 Å². The molecule has 2 fully saturated rings. The second-order valence-electron chi connectivity index (χ2n) is 4.59. The molecule has 3 nitrogen and oxygen atoms in total. The maximum Gasteiger partial charge on any atom is 0.0733 e. The average Bonchev–Trinajstić information content (AvgIpc) is 2.73. The van der Waals surface area contributed by atoms with Gasteiger partial charge in [-0.15, -0.1) is 0 Å². The smallest absolute Gasteiger partial charge is 0.0733 e. The summed E-state index contributed by atoms with van der Waals surface area (Å²) < 4.78 is 11.2. The van der Waals surface area contributed by atoms with Crippen LogP contribution in [-0.4, -0.2) is 37.5 Å². The van der Waals surface area contributed by atoms with Crippen LogP contribution in [0.25, 0.3) is 0 Å². The van der Waals surface area contributed by atoms with Crippen molar-refractivity contribution in [3.63, 3.8) is 0 Å². The molecule has 3 unspecified atom stereocenters. The van der Waals surface area contributed by atoms with Crippen molar-refractivity contribution in [3.8, 4) is 0 Å². The minimum Gasteiger partial charge on any atom is -0.377 e. The molecule has 14 heavy (non-hydrogen) atoms. The van der Waals surface area contributed by atoms with Crippen molar-refractivity contribution < 1.29 is 9.47 Å². The Morgan fingerprint density at radius 2 is 2.29 bits per heavy atom. The average molecular weight is 199 g/mol. The maximum absolute atomic E-state index is 5.76. The second-order valence-corrected chi connectivity index (χ2v) is 4.59. The summed E-state index contributed by atoms with van der Waals surface area (Å²) in [6.45, 7) is 5.91. The summed E-state index contributed by atoms with van der Waals surface area (Å²) in [6, 6.07) is 0.588. The van der Waals surface area contributed by atoms with E-state index >= 15 is 0 Å². The summed E-state index contributed by atoms with van der Waals surface area (Å²) in [4.78, 5) is 0. The number of fused-ring (bicyclic) bond motifs is 2. The van der Waals surface area contributed by atoms with Crippen molar-refractivity contribution in [2.45, 2.75) is 57.5 Å². The highest BCUT2D eigenvalue weighted by molar-refractivity contribution is 4.93. The Morgan fingerprint density at radius 3 is 2.86 bits per heavy atom. The molecule has 0 aliphatic carbocycles. The predicted molar refractivity (Wildman–Crippen MR) is 55.4 cm³/mol. The van der Waals surface area contributed by atoms with Crippen LogP contribution < -0.4 is 5.32 Å². The first kappa shape index (κ1) is 10.4. The molecule has 2 bridgehead atoms. The third-order valence-electron chi connectivity index (χ3n) is 3.07.